The fourth-order valence-corrected chi connectivity index (χ4v) is 1.53. The monoisotopic (exact) mass is 290 g/mol. The molecule has 6 nitrogen and oxygen atoms in total. The summed E-state index contributed by atoms with van der Waals surface area (Å²) in [5, 5.41) is 0. The molecule has 0 aliphatic carbocycles. The average molecular weight is 290 g/mol. The molecule has 1 aromatic rings. The maximum atomic E-state index is 11.8. The Kier molecular flexibility index (Phi) is 6.13. The van der Waals surface area contributed by atoms with Gasteiger partial charge in [0.15, 0.2) is 0 Å². The molecule has 0 aliphatic heterocycles. The molecular weight excluding hydrogens is 272 g/mol. The molecule has 0 radical (unpaired) electrons. The average Bonchev–Trinajstić information content (AvgIpc) is 2.45. The van der Waals surface area contributed by atoms with Gasteiger partial charge in [-0.25, -0.2) is 0 Å². The maximum absolute atomic E-state index is 11.8. The first kappa shape index (κ1) is 16.4. The van der Waals surface area contributed by atoms with E-state index >= 15 is 0 Å². The van der Waals surface area contributed by atoms with Gasteiger partial charge in [0.25, 0.3) is 0 Å². The summed E-state index contributed by atoms with van der Waals surface area (Å²) in [5.41, 5.74) is 6.28. The van der Waals surface area contributed by atoms with Crippen LogP contribution in [0.4, 0.5) is 0 Å². The van der Waals surface area contributed by atoms with E-state index in [1.165, 1.54) is 18.0 Å². The zero-order valence-electron chi connectivity index (χ0n) is 12.0. The second-order valence-corrected chi connectivity index (χ2v) is 4.32. The lowest BCUT2D eigenvalue weighted by molar-refractivity contribution is -0.146. The highest BCUT2D eigenvalue weighted by Crippen LogP contribution is 2.06. The van der Waals surface area contributed by atoms with E-state index in [-0.39, 0.29) is 19.1 Å². The lowest BCUT2D eigenvalue weighted by Crippen LogP contribution is -2.31. The predicted molar refractivity (Wildman–Crippen MR) is 78.3 cm³/mol. The Bertz CT molecular complexity index is 549. The van der Waals surface area contributed by atoms with Crippen LogP contribution in [0.15, 0.2) is 30.3 Å². The molecule has 0 saturated heterocycles. The highest BCUT2D eigenvalue weighted by atomic mass is 16.5. The van der Waals surface area contributed by atoms with Crippen molar-refractivity contribution in [2.24, 2.45) is 5.73 Å². The third kappa shape index (κ3) is 5.48. The number of likely N-dealkylation sites (N-methyl/N-ethyl adjacent to an activating group) is 1. The molecule has 2 N–H and O–H groups in total. The summed E-state index contributed by atoms with van der Waals surface area (Å²) < 4.78 is 4.76. The maximum Gasteiger partial charge on any atom is 0.325 e. The summed E-state index contributed by atoms with van der Waals surface area (Å²) in [6.45, 7) is 1.88. The summed E-state index contributed by atoms with van der Waals surface area (Å²) in [4.78, 5) is 35.2. The van der Waals surface area contributed by atoms with Crippen LogP contribution in [0.2, 0.25) is 0 Å². The Morgan fingerprint density at radius 3 is 2.38 bits per heavy atom. The van der Waals surface area contributed by atoms with Gasteiger partial charge in [0.2, 0.25) is 11.8 Å². The Morgan fingerprint density at radius 1 is 1.24 bits per heavy atom. The fourth-order valence-electron chi connectivity index (χ4n) is 1.53. The van der Waals surface area contributed by atoms with Crippen molar-refractivity contribution in [2.75, 3.05) is 20.2 Å². The molecule has 0 fully saturated rings. The van der Waals surface area contributed by atoms with Crippen LogP contribution in [0.1, 0.15) is 22.8 Å². The Morgan fingerprint density at radius 2 is 1.86 bits per heavy atom. The summed E-state index contributed by atoms with van der Waals surface area (Å²) in [7, 11) is 1.51. The number of esters is 1. The van der Waals surface area contributed by atoms with Crippen LogP contribution >= 0.6 is 0 Å². The minimum atomic E-state index is -0.504. The predicted octanol–water partition coefficient (Wildman–Crippen LogP) is 0.820. The molecule has 0 unspecified atom stereocenters. The molecule has 2 amide bonds. The van der Waals surface area contributed by atoms with Crippen LogP contribution in [0.3, 0.4) is 0 Å². The smallest absolute Gasteiger partial charge is 0.325 e. The van der Waals surface area contributed by atoms with Gasteiger partial charge in [-0.3, -0.25) is 14.4 Å². The molecule has 1 rings (SSSR count). The van der Waals surface area contributed by atoms with Gasteiger partial charge in [-0.2, -0.15) is 0 Å². The molecule has 0 aliphatic rings. The third-order valence-corrected chi connectivity index (χ3v) is 2.66. The van der Waals surface area contributed by atoms with E-state index in [1.807, 2.05) is 0 Å². The second kappa shape index (κ2) is 7.84. The number of rotatable bonds is 6. The first-order valence-corrected chi connectivity index (χ1v) is 6.42. The van der Waals surface area contributed by atoms with E-state index in [0.717, 1.165) is 5.56 Å². The van der Waals surface area contributed by atoms with Crippen LogP contribution in [0, 0.1) is 0 Å². The molecule has 6 heteroatoms. The van der Waals surface area contributed by atoms with Crippen molar-refractivity contribution in [3.63, 3.8) is 0 Å². The summed E-state index contributed by atoms with van der Waals surface area (Å²) in [6, 6.07) is 6.51. The molecule has 0 aromatic heterocycles. The lowest BCUT2D eigenvalue weighted by Gasteiger charge is -2.13. The van der Waals surface area contributed by atoms with Crippen LogP contribution in [0.25, 0.3) is 6.08 Å². The Balaban J connectivity index is 2.60. The van der Waals surface area contributed by atoms with Crippen molar-refractivity contribution in [3.8, 4) is 0 Å². The van der Waals surface area contributed by atoms with Gasteiger partial charge in [-0.05, 0) is 30.7 Å². The number of hydrogen-bond donors (Lipinski definition) is 1. The van der Waals surface area contributed by atoms with Crippen molar-refractivity contribution in [3.05, 3.63) is 41.5 Å². The van der Waals surface area contributed by atoms with Crippen LogP contribution in [-0.4, -0.2) is 42.9 Å². The molecule has 0 bridgehead atoms. The lowest BCUT2D eigenvalue weighted by atomic mass is 10.1. The van der Waals surface area contributed by atoms with Gasteiger partial charge in [0.05, 0.1) is 6.61 Å². The largest absolute Gasteiger partial charge is 0.465 e. The molecule has 0 atom stereocenters. The molecule has 1 aromatic carbocycles. The molecule has 0 spiro atoms. The van der Waals surface area contributed by atoms with E-state index in [9.17, 15) is 14.4 Å². The van der Waals surface area contributed by atoms with Gasteiger partial charge >= 0.3 is 5.97 Å². The SMILES string of the molecule is CCOC(=O)CN(C)C(=O)C=Cc1ccc(C(N)=O)cc1. The number of nitrogens with two attached hydrogens (primary N) is 1. The summed E-state index contributed by atoms with van der Waals surface area (Å²) >= 11 is 0. The molecule has 112 valence electrons. The number of amides is 2. The van der Waals surface area contributed by atoms with Gasteiger partial charge in [-0.15, -0.1) is 0 Å². The van der Waals surface area contributed by atoms with Crippen molar-refractivity contribution in [1.29, 1.82) is 0 Å². The van der Waals surface area contributed by atoms with E-state index in [1.54, 1.807) is 37.3 Å². The Hall–Kier alpha value is -2.63. The minimum absolute atomic E-state index is 0.0996. The molecular formula is C15H18N2O4. The number of carbonyl (C=O) groups is 3. The molecule has 0 heterocycles. The van der Waals surface area contributed by atoms with Crippen LogP contribution in [-0.2, 0) is 14.3 Å². The van der Waals surface area contributed by atoms with Crippen molar-refractivity contribution in [2.45, 2.75) is 6.92 Å². The van der Waals surface area contributed by atoms with Gasteiger partial charge in [0, 0.05) is 18.7 Å². The normalized spacial score (nSPS) is 10.4. The van der Waals surface area contributed by atoms with E-state index in [2.05, 4.69) is 0 Å². The van der Waals surface area contributed by atoms with E-state index in [4.69, 9.17) is 10.5 Å². The number of ether oxygens (including phenoxy) is 1. The summed E-state index contributed by atoms with van der Waals surface area (Å²) in [5.74, 6) is -1.27. The first-order chi connectivity index (χ1) is 9.93. The number of carbonyl (C=O) groups excluding carboxylic acids is 3. The summed E-state index contributed by atoms with van der Waals surface area (Å²) in [6.07, 6.45) is 2.94. The highest BCUT2D eigenvalue weighted by molar-refractivity contribution is 5.94. The van der Waals surface area contributed by atoms with Crippen LogP contribution in [0.5, 0.6) is 0 Å². The topological polar surface area (TPSA) is 89.7 Å². The van der Waals surface area contributed by atoms with E-state index in [0.29, 0.717) is 5.56 Å². The zero-order chi connectivity index (χ0) is 15.8. The molecule has 21 heavy (non-hydrogen) atoms. The fraction of sp³-hybridized carbons (Fsp3) is 0.267. The Labute approximate surface area is 123 Å². The van der Waals surface area contributed by atoms with Gasteiger partial charge < -0.3 is 15.4 Å². The van der Waals surface area contributed by atoms with Crippen molar-refractivity contribution < 1.29 is 19.1 Å². The highest BCUT2D eigenvalue weighted by Gasteiger charge is 2.10. The third-order valence-electron chi connectivity index (χ3n) is 2.66. The van der Waals surface area contributed by atoms with Crippen molar-refractivity contribution >= 4 is 23.9 Å². The first-order valence-electron chi connectivity index (χ1n) is 6.42. The van der Waals surface area contributed by atoms with Crippen LogP contribution < -0.4 is 5.73 Å². The van der Waals surface area contributed by atoms with Gasteiger partial charge in [0.1, 0.15) is 6.54 Å². The quantitative estimate of drug-likeness (QED) is 0.620. The number of hydrogen-bond acceptors (Lipinski definition) is 4. The van der Waals surface area contributed by atoms with Gasteiger partial charge in [-0.1, -0.05) is 12.1 Å². The standard InChI is InChI=1S/C15H18N2O4/c1-3-21-14(19)10-17(2)13(18)9-6-11-4-7-12(8-5-11)15(16)20/h4-9H,3,10H2,1-2H3,(H2,16,20). The van der Waals surface area contributed by atoms with E-state index < -0.39 is 11.9 Å². The molecule has 0 saturated carbocycles. The number of primary amides is 1. The number of benzene rings is 1. The number of nitrogens with zero attached hydrogens (tertiary/aromatic N) is 1. The second-order valence-electron chi connectivity index (χ2n) is 4.32. The van der Waals surface area contributed by atoms with Crippen molar-refractivity contribution in [1.82, 2.24) is 4.90 Å². The minimum Gasteiger partial charge on any atom is -0.465 e. The zero-order valence-corrected chi connectivity index (χ0v) is 12.0.